The first-order chi connectivity index (χ1) is 12.6. The number of anilines is 1. The molecule has 1 unspecified atom stereocenters. The number of fused-ring (bicyclic) bond motifs is 1. The highest BCUT2D eigenvalue weighted by Crippen LogP contribution is 2.33. The average Bonchev–Trinajstić information content (AvgIpc) is 3.10. The summed E-state index contributed by atoms with van der Waals surface area (Å²) in [6, 6.07) is 12.0. The van der Waals surface area contributed by atoms with Gasteiger partial charge in [0.1, 0.15) is 5.82 Å². The number of carbonyl (C=O) groups excluding carboxylic acids is 1. The first-order valence-corrected chi connectivity index (χ1v) is 9.17. The highest BCUT2D eigenvalue weighted by molar-refractivity contribution is 5.99. The second-order valence-electron chi connectivity index (χ2n) is 7.07. The normalized spacial score (nSPS) is 17.9. The third-order valence-corrected chi connectivity index (χ3v) is 5.46. The van der Waals surface area contributed by atoms with Gasteiger partial charge in [0, 0.05) is 25.4 Å². The molecule has 4 rings (SSSR count). The Kier molecular flexibility index (Phi) is 6.15. The number of carbonyl (C=O) groups is 1. The van der Waals surface area contributed by atoms with E-state index in [0.29, 0.717) is 19.8 Å². The Hall–Kier alpha value is -1.95. The monoisotopic (exact) mass is 390 g/mol. The van der Waals surface area contributed by atoms with Gasteiger partial charge in [-0.3, -0.25) is 4.79 Å². The van der Waals surface area contributed by atoms with E-state index in [9.17, 15) is 9.18 Å². The Bertz CT molecular complexity index is 824. The van der Waals surface area contributed by atoms with E-state index in [1.165, 1.54) is 12.1 Å². The minimum absolute atomic E-state index is 0. The van der Waals surface area contributed by atoms with E-state index in [4.69, 9.17) is 10.5 Å². The SMILES string of the molecule is Cl.NC(C(=O)N1CCc2cc(-c3cccc(F)c3)ccc21)C1CCOCC1. The van der Waals surface area contributed by atoms with E-state index in [2.05, 4.69) is 6.07 Å². The predicted octanol–water partition coefficient (Wildman–Crippen LogP) is 3.56. The molecule has 2 aromatic rings. The number of hydrogen-bond donors (Lipinski definition) is 1. The molecule has 1 atom stereocenters. The molecular weight excluding hydrogens is 367 g/mol. The molecule has 2 aliphatic heterocycles. The number of benzene rings is 2. The number of rotatable bonds is 3. The van der Waals surface area contributed by atoms with Crippen LogP contribution in [0.2, 0.25) is 0 Å². The quantitative estimate of drug-likeness (QED) is 0.871. The molecule has 0 saturated carbocycles. The van der Waals surface area contributed by atoms with Crippen molar-refractivity contribution >= 4 is 24.0 Å². The maximum Gasteiger partial charge on any atom is 0.244 e. The predicted molar refractivity (Wildman–Crippen MR) is 107 cm³/mol. The van der Waals surface area contributed by atoms with Crippen LogP contribution in [-0.2, 0) is 16.0 Å². The van der Waals surface area contributed by atoms with Crippen molar-refractivity contribution in [2.45, 2.75) is 25.3 Å². The molecule has 4 nitrogen and oxygen atoms in total. The summed E-state index contributed by atoms with van der Waals surface area (Å²) in [4.78, 5) is 14.7. The summed E-state index contributed by atoms with van der Waals surface area (Å²) in [6.45, 7) is 2.01. The second-order valence-corrected chi connectivity index (χ2v) is 7.07. The molecule has 2 aliphatic rings. The lowest BCUT2D eigenvalue weighted by molar-refractivity contribution is -0.121. The number of hydrogen-bond acceptors (Lipinski definition) is 3. The van der Waals surface area contributed by atoms with Gasteiger partial charge in [-0.05, 0) is 66.1 Å². The Morgan fingerprint density at radius 2 is 1.89 bits per heavy atom. The van der Waals surface area contributed by atoms with Crippen molar-refractivity contribution in [1.82, 2.24) is 0 Å². The van der Waals surface area contributed by atoms with Gasteiger partial charge in [0.15, 0.2) is 0 Å². The van der Waals surface area contributed by atoms with Crippen molar-refractivity contribution < 1.29 is 13.9 Å². The minimum Gasteiger partial charge on any atom is -0.381 e. The van der Waals surface area contributed by atoms with Crippen LogP contribution in [-0.4, -0.2) is 31.7 Å². The van der Waals surface area contributed by atoms with Crippen molar-refractivity contribution in [3.8, 4) is 11.1 Å². The third-order valence-electron chi connectivity index (χ3n) is 5.46. The van der Waals surface area contributed by atoms with E-state index < -0.39 is 6.04 Å². The van der Waals surface area contributed by atoms with Crippen molar-refractivity contribution in [1.29, 1.82) is 0 Å². The van der Waals surface area contributed by atoms with Crippen LogP contribution in [0, 0.1) is 11.7 Å². The van der Waals surface area contributed by atoms with Crippen LogP contribution in [0.5, 0.6) is 0 Å². The number of halogens is 2. The maximum atomic E-state index is 13.5. The van der Waals surface area contributed by atoms with Crippen LogP contribution in [0.15, 0.2) is 42.5 Å². The molecule has 144 valence electrons. The van der Waals surface area contributed by atoms with Gasteiger partial charge in [-0.25, -0.2) is 4.39 Å². The lowest BCUT2D eigenvalue weighted by Gasteiger charge is -2.30. The molecule has 0 radical (unpaired) electrons. The zero-order valence-corrected chi connectivity index (χ0v) is 15.9. The maximum absolute atomic E-state index is 13.5. The number of amides is 1. The molecular formula is C21H24ClFN2O2. The molecule has 27 heavy (non-hydrogen) atoms. The Morgan fingerprint density at radius 1 is 1.15 bits per heavy atom. The first-order valence-electron chi connectivity index (χ1n) is 9.17. The molecule has 0 spiro atoms. The van der Waals surface area contributed by atoms with E-state index in [-0.39, 0.29) is 30.0 Å². The molecule has 2 N–H and O–H groups in total. The Morgan fingerprint density at radius 3 is 2.63 bits per heavy atom. The fourth-order valence-electron chi connectivity index (χ4n) is 3.93. The molecule has 1 amide bonds. The summed E-state index contributed by atoms with van der Waals surface area (Å²) in [6.07, 6.45) is 2.48. The number of nitrogens with zero attached hydrogens (tertiary/aromatic N) is 1. The van der Waals surface area contributed by atoms with Gasteiger partial charge in [0.2, 0.25) is 5.91 Å². The fraction of sp³-hybridized carbons (Fsp3) is 0.381. The highest BCUT2D eigenvalue weighted by atomic mass is 35.5. The zero-order valence-electron chi connectivity index (χ0n) is 15.1. The van der Waals surface area contributed by atoms with E-state index in [0.717, 1.165) is 41.6 Å². The molecule has 0 aliphatic carbocycles. The summed E-state index contributed by atoms with van der Waals surface area (Å²) < 4.78 is 18.9. The largest absolute Gasteiger partial charge is 0.381 e. The minimum atomic E-state index is -0.479. The second kappa shape index (κ2) is 8.38. The van der Waals surface area contributed by atoms with Gasteiger partial charge in [0.25, 0.3) is 0 Å². The average molecular weight is 391 g/mol. The summed E-state index contributed by atoms with van der Waals surface area (Å²) in [5.74, 6) is -0.0664. The van der Waals surface area contributed by atoms with E-state index >= 15 is 0 Å². The zero-order chi connectivity index (χ0) is 18.1. The van der Waals surface area contributed by atoms with Gasteiger partial charge in [-0.2, -0.15) is 0 Å². The highest BCUT2D eigenvalue weighted by Gasteiger charge is 2.33. The topological polar surface area (TPSA) is 55.6 Å². The molecule has 2 heterocycles. The molecule has 1 saturated heterocycles. The number of nitrogens with two attached hydrogens (primary N) is 1. The van der Waals surface area contributed by atoms with Gasteiger partial charge < -0.3 is 15.4 Å². The lowest BCUT2D eigenvalue weighted by atomic mass is 9.91. The van der Waals surface area contributed by atoms with Crippen LogP contribution in [0.25, 0.3) is 11.1 Å². The van der Waals surface area contributed by atoms with Gasteiger partial charge in [-0.1, -0.05) is 18.2 Å². The summed E-state index contributed by atoms with van der Waals surface area (Å²) in [5.41, 5.74) is 10.1. The fourth-order valence-corrected chi connectivity index (χ4v) is 3.93. The standard InChI is InChI=1S/C21H23FN2O2.ClH/c22-18-3-1-2-15(13-18)16-4-5-19-17(12-16)6-9-24(19)21(25)20(23)14-7-10-26-11-8-14;/h1-5,12-14,20H,6-11,23H2;1H. The van der Waals surface area contributed by atoms with Crippen LogP contribution in [0.1, 0.15) is 18.4 Å². The summed E-state index contributed by atoms with van der Waals surface area (Å²) in [7, 11) is 0. The Balaban J connectivity index is 0.00000210. The molecule has 2 aromatic carbocycles. The van der Waals surface area contributed by atoms with Crippen LogP contribution >= 0.6 is 12.4 Å². The van der Waals surface area contributed by atoms with E-state index in [1.54, 1.807) is 6.07 Å². The van der Waals surface area contributed by atoms with E-state index in [1.807, 2.05) is 23.1 Å². The first kappa shape index (κ1) is 19.8. The van der Waals surface area contributed by atoms with Crippen molar-refractivity contribution in [2.75, 3.05) is 24.7 Å². The van der Waals surface area contributed by atoms with Gasteiger partial charge in [0.05, 0.1) is 6.04 Å². The van der Waals surface area contributed by atoms with Crippen molar-refractivity contribution in [2.24, 2.45) is 11.7 Å². The van der Waals surface area contributed by atoms with Crippen molar-refractivity contribution in [3.63, 3.8) is 0 Å². The Labute approximate surface area is 164 Å². The molecule has 0 bridgehead atoms. The summed E-state index contributed by atoms with van der Waals surface area (Å²) >= 11 is 0. The molecule has 6 heteroatoms. The smallest absolute Gasteiger partial charge is 0.244 e. The van der Waals surface area contributed by atoms with Gasteiger partial charge >= 0.3 is 0 Å². The number of ether oxygens (including phenoxy) is 1. The van der Waals surface area contributed by atoms with Crippen LogP contribution in [0.3, 0.4) is 0 Å². The van der Waals surface area contributed by atoms with Crippen molar-refractivity contribution in [3.05, 3.63) is 53.8 Å². The molecule has 0 aromatic heterocycles. The van der Waals surface area contributed by atoms with Crippen LogP contribution < -0.4 is 10.6 Å². The molecule has 1 fully saturated rings. The van der Waals surface area contributed by atoms with Gasteiger partial charge in [-0.15, -0.1) is 12.4 Å². The third kappa shape index (κ3) is 4.00. The lowest BCUT2D eigenvalue weighted by Crippen LogP contribution is -2.48. The summed E-state index contributed by atoms with van der Waals surface area (Å²) in [5, 5.41) is 0. The van der Waals surface area contributed by atoms with Crippen LogP contribution in [0.4, 0.5) is 10.1 Å².